The van der Waals surface area contributed by atoms with E-state index in [9.17, 15) is 5.11 Å². The van der Waals surface area contributed by atoms with Crippen molar-refractivity contribution in [2.24, 2.45) is 0 Å². The van der Waals surface area contributed by atoms with Crippen molar-refractivity contribution < 1.29 is 9.84 Å². The molecule has 1 saturated heterocycles. The number of hydrogen-bond donors (Lipinski definition) is 2. The molecule has 0 amide bonds. The van der Waals surface area contributed by atoms with Gasteiger partial charge in [-0.15, -0.1) is 0 Å². The quantitative estimate of drug-likeness (QED) is 0.853. The minimum Gasteiger partial charge on any atom is -0.495 e. The van der Waals surface area contributed by atoms with Crippen LogP contribution in [0, 0.1) is 0 Å². The summed E-state index contributed by atoms with van der Waals surface area (Å²) in [5.74, 6) is 0.818. The van der Waals surface area contributed by atoms with Gasteiger partial charge in [-0.2, -0.15) is 0 Å². The van der Waals surface area contributed by atoms with Crippen molar-refractivity contribution in [2.45, 2.75) is 31.8 Å². The zero-order valence-electron chi connectivity index (χ0n) is 12.0. The molecule has 1 aromatic rings. The van der Waals surface area contributed by atoms with E-state index in [4.69, 9.17) is 4.74 Å². The fourth-order valence-corrected chi connectivity index (χ4v) is 2.65. The number of benzene rings is 1. The molecular weight excluding hydrogens is 240 g/mol. The van der Waals surface area contributed by atoms with E-state index in [-0.39, 0.29) is 12.1 Å². The van der Waals surface area contributed by atoms with E-state index in [1.807, 2.05) is 24.3 Å². The Kier molecular flexibility index (Phi) is 4.32. The molecule has 1 atom stereocenters. The fraction of sp³-hybridized carbons (Fsp3) is 0.600. The summed E-state index contributed by atoms with van der Waals surface area (Å²) < 4.78 is 5.36. The number of anilines is 1. The second-order valence-electron chi connectivity index (χ2n) is 5.58. The molecule has 2 rings (SSSR count). The molecule has 0 spiro atoms. The molecule has 4 nitrogen and oxygen atoms in total. The number of methoxy groups -OCH3 is 1. The Morgan fingerprint density at radius 3 is 2.74 bits per heavy atom. The number of hydrogen-bond acceptors (Lipinski definition) is 4. The maximum atomic E-state index is 9.81. The number of aliphatic hydroxyl groups is 1. The lowest BCUT2D eigenvalue weighted by atomic mass is 9.99. The lowest BCUT2D eigenvalue weighted by Gasteiger charge is -2.31. The molecular formula is C15H24N2O2. The smallest absolute Gasteiger partial charge is 0.141 e. The van der Waals surface area contributed by atoms with E-state index in [1.54, 1.807) is 7.11 Å². The van der Waals surface area contributed by atoms with Crippen LogP contribution in [0.2, 0.25) is 0 Å². The SMILES string of the molecule is COc1ccccc1NC1(CO)CCN(C(C)C)C1. The first-order chi connectivity index (χ1) is 9.10. The molecule has 19 heavy (non-hydrogen) atoms. The highest BCUT2D eigenvalue weighted by molar-refractivity contribution is 5.58. The van der Waals surface area contributed by atoms with E-state index < -0.39 is 0 Å². The Morgan fingerprint density at radius 1 is 1.42 bits per heavy atom. The lowest BCUT2D eigenvalue weighted by Crippen LogP contribution is -2.45. The molecule has 2 N–H and O–H groups in total. The first-order valence-corrected chi connectivity index (χ1v) is 6.86. The minimum absolute atomic E-state index is 0.133. The third-order valence-electron chi connectivity index (χ3n) is 3.92. The second-order valence-corrected chi connectivity index (χ2v) is 5.58. The summed E-state index contributed by atoms with van der Waals surface area (Å²) in [5, 5.41) is 13.3. The Morgan fingerprint density at radius 2 is 2.16 bits per heavy atom. The standard InChI is InChI=1S/C15H24N2O2/c1-12(2)17-9-8-15(10-17,11-18)16-13-6-4-5-7-14(13)19-3/h4-7,12,16,18H,8-11H2,1-3H3. The summed E-state index contributed by atoms with van der Waals surface area (Å²) >= 11 is 0. The van der Waals surface area contributed by atoms with Gasteiger partial charge < -0.3 is 15.2 Å². The number of nitrogens with one attached hydrogen (secondary N) is 1. The van der Waals surface area contributed by atoms with Crippen molar-refractivity contribution in [1.82, 2.24) is 4.90 Å². The van der Waals surface area contributed by atoms with Crippen molar-refractivity contribution in [3.63, 3.8) is 0 Å². The van der Waals surface area contributed by atoms with Crippen molar-refractivity contribution in [3.8, 4) is 5.75 Å². The van der Waals surface area contributed by atoms with Crippen LogP contribution in [0.4, 0.5) is 5.69 Å². The van der Waals surface area contributed by atoms with Gasteiger partial charge in [0, 0.05) is 19.1 Å². The average molecular weight is 264 g/mol. The molecule has 0 bridgehead atoms. The van der Waals surface area contributed by atoms with Gasteiger partial charge in [0.1, 0.15) is 5.75 Å². The molecule has 0 saturated carbocycles. The van der Waals surface area contributed by atoms with E-state index in [0.717, 1.165) is 30.9 Å². The highest BCUT2D eigenvalue weighted by Gasteiger charge is 2.38. The van der Waals surface area contributed by atoms with Gasteiger partial charge in [0.2, 0.25) is 0 Å². The van der Waals surface area contributed by atoms with Crippen LogP contribution >= 0.6 is 0 Å². The normalized spacial score (nSPS) is 23.8. The zero-order valence-corrected chi connectivity index (χ0v) is 12.0. The average Bonchev–Trinajstić information content (AvgIpc) is 2.84. The molecule has 0 aliphatic carbocycles. The summed E-state index contributed by atoms with van der Waals surface area (Å²) in [7, 11) is 1.67. The largest absolute Gasteiger partial charge is 0.495 e. The third kappa shape index (κ3) is 3.01. The monoisotopic (exact) mass is 264 g/mol. The highest BCUT2D eigenvalue weighted by atomic mass is 16.5. The molecule has 1 aromatic carbocycles. The second kappa shape index (κ2) is 5.80. The molecule has 4 heteroatoms. The number of para-hydroxylation sites is 2. The topological polar surface area (TPSA) is 44.7 Å². The van der Waals surface area contributed by atoms with Crippen LogP contribution < -0.4 is 10.1 Å². The van der Waals surface area contributed by atoms with E-state index in [1.165, 1.54) is 0 Å². The van der Waals surface area contributed by atoms with Crippen LogP contribution in [0.3, 0.4) is 0 Å². The number of likely N-dealkylation sites (tertiary alicyclic amines) is 1. The fourth-order valence-electron chi connectivity index (χ4n) is 2.65. The molecule has 0 aromatic heterocycles. The van der Waals surface area contributed by atoms with Crippen LogP contribution in [0.1, 0.15) is 20.3 Å². The molecule has 1 heterocycles. The van der Waals surface area contributed by atoms with Gasteiger partial charge in [-0.05, 0) is 32.4 Å². The van der Waals surface area contributed by atoms with Crippen LogP contribution in [-0.2, 0) is 0 Å². The molecule has 0 radical (unpaired) electrons. The summed E-state index contributed by atoms with van der Waals surface area (Å²) in [5.41, 5.74) is 0.684. The Hall–Kier alpha value is -1.26. The van der Waals surface area contributed by atoms with Gasteiger partial charge in [0.15, 0.2) is 0 Å². The Labute approximate surface area is 115 Å². The first kappa shape index (κ1) is 14.2. The summed E-state index contributed by atoms with van der Waals surface area (Å²) in [6, 6.07) is 8.36. The van der Waals surface area contributed by atoms with Gasteiger partial charge in [-0.3, -0.25) is 4.90 Å². The van der Waals surface area contributed by atoms with Gasteiger partial charge in [-0.1, -0.05) is 12.1 Å². The maximum Gasteiger partial charge on any atom is 0.141 e. The first-order valence-electron chi connectivity index (χ1n) is 6.86. The molecule has 1 unspecified atom stereocenters. The van der Waals surface area contributed by atoms with E-state index in [0.29, 0.717) is 6.04 Å². The van der Waals surface area contributed by atoms with Gasteiger partial charge in [-0.25, -0.2) is 0 Å². The maximum absolute atomic E-state index is 9.81. The molecule has 1 aliphatic heterocycles. The third-order valence-corrected chi connectivity index (χ3v) is 3.92. The predicted molar refractivity (Wildman–Crippen MR) is 77.8 cm³/mol. The zero-order chi connectivity index (χ0) is 13.9. The number of rotatable bonds is 5. The van der Waals surface area contributed by atoms with Crippen LogP contribution in [0.15, 0.2) is 24.3 Å². The van der Waals surface area contributed by atoms with Crippen molar-refractivity contribution in [1.29, 1.82) is 0 Å². The number of aliphatic hydroxyl groups excluding tert-OH is 1. The van der Waals surface area contributed by atoms with E-state index >= 15 is 0 Å². The molecule has 1 fully saturated rings. The summed E-state index contributed by atoms with van der Waals surface area (Å²) in [6.07, 6.45) is 0.944. The Bertz CT molecular complexity index is 422. The predicted octanol–water partition coefficient (Wildman–Crippen LogP) is 1.95. The minimum atomic E-state index is -0.265. The summed E-state index contributed by atoms with van der Waals surface area (Å²) in [4.78, 5) is 2.39. The molecule has 1 aliphatic rings. The lowest BCUT2D eigenvalue weighted by molar-refractivity contribution is 0.196. The number of nitrogens with zero attached hydrogens (tertiary/aromatic N) is 1. The van der Waals surface area contributed by atoms with E-state index in [2.05, 4.69) is 24.1 Å². The van der Waals surface area contributed by atoms with Crippen LogP contribution in [-0.4, -0.2) is 48.4 Å². The number of ether oxygens (including phenoxy) is 1. The van der Waals surface area contributed by atoms with Gasteiger partial charge in [0.25, 0.3) is 0 Å². The van der Waals surface area contributed by atoms with Crippen LogP contribution in [0.5, 0.6) is 5.75 Å². The van der Waals surface area contributed by atoms with Gasteiger partial charge in [0.05, 0.1) is 24.9 Å². The Balaban J connectivity index is 2.15. The highest BCUT2D eigenvalue weighted by Crippen LogP contribution is 2.31. The van der Waals surface area contributed by atoms with Gasteiger partial charge >= 0.3 is 0 Å². The van der Waals surface area contributed by atoms with Crippen molar-refractivity contribution in [2.75, 3.05) is 32.1 Å². The van der Waals surface area contributed by atoms with Crippen molar-refractivity contribution in [3.05, 3.63) is 24.3 Å². The van der Waals surface area contributed by atoms with Crippen molar-refractivity contribution >= 4 is 5.69 Å². The summed E-state index contributed by atoms with van der Waals surface area (Å²) in [6.45, 7) is 6.39. The molecule has 106 valence electrons. The van der Waals surface area contributed by atoms with Crippen LogP contribution in [0.25, 0.3) is 0 Å².